The Hall–Kier alpha value is -7.42. The van der Waals surface area contributed by atoms with E-state index in [1.165, 1.54) is 82.1 Å². The molecule has 2 heteroatoms. The molecule has 0 aliphatic heterocycles. The molecule has 0 fully saturated rings. The van der Waals surface area contributed by atoms with Crippen molar-refractivity contribution < 1.29 is 0 Å². The Morgan fingerprint density at radius 1 is 0.286 bits per heavy atom. The summed E-state index contributed by atoms with van der Waals surface area (Å²) in [6.07, 6.45) is 0. The molecule has 11 rings (SSSR count). The number of hydrogen-bond acceptors (Lipinski definition) is 1. The van der Waals surface area contributed by atoms with Crippen LogP contribution in [0.2, 0.25) is 0 Å². The zero-order valence-corrected chi connectivity index (χ0v) is 30.7. The van der Waals surface area contributed by atoms with Crippen LogP contribution in [0.3, 0.4) is 0 Å². The number of aromatic nitrogens is 1. The number of anilines is 3. The van der Waals surface area contributed by atoms with Crippen molar-refractivity contribution in [2.24, 2.45) is 0 Å². The van der Waals surface area contributed by atoms with Crippen molar-refractivity contribution in [1.82, 2.24) is 4.57 Å². The molecular weight excluding hydrogens is 677 g/mol. The number of hydrogen-bond donors (Lipinski definition) is 0. The maximum absolute atomic E-state index is 2.43. The monoisotopic (exact) mass is 712 g/mol. The minimum atomic E-state index is 1.10. The summed E-state index contributed by atoms with van der Waals surface area (Å²) in [7, 11) is 0. The van der Waals surface area contributed by atoms with E-state index < -0.39 is 0 Å². The van der Waals surface area contributed by atoms with E-state index in [9.17, 15) is 0 Å². The zero-order valence-electron chi connectivity index (χ0n) is 30.7. The zero-order chi connectivity index (χ0) is 37.0. The molecule has 0 N–H and O–H groups in total. The van der Waals surface area contributed by atoms with E-state index in [-0.39, 0.29) is 0 Å². The van der Waals surface area contributed by atoms with E-state index in [0.717, 1.165) is 17.1 Å². The van der Waals surface area contributed by atoms with Crippen LogP contribution in [0.5, 0.6) is 0 Å². The van der Waals surface area contributed by atoms with E-state index in [1.54, 1.807) is 0 Å². The molecule has 11 aromatic rings. The molecular formula is C54H36N2. The Labute approximate surface area is 325 Å². The molecule has 0 aliphatic rings. The van der Waals surface area contributed by atoms with E-state index in [4.69, 9.17) is 0 Å². The molecule has 10 aromatic carbocycles. The van der Waals surface area contributed by atoms with Gasteiger partial charge in [0.2, 0.25) is 0 Å². The lowest BCUT2D eigenvalue weighted by Crippen LogP contribution is -2.10. The van der Waals surface area contributed by atoms with Crippen LogP contribution >= 0.6 is 0 Å². The Morgan fingerprint density at radius 2 is 0.786 bits per heavy atom. The molecule has 0 saturated carbocycles. The van der Waals surface area contributed by atoms with Gasteiger partial charge in [-0.25, -0.2) is 0 Å². The van der Waals surface area contributed by atoms with Gasteiger partial charge in [0.15, 0.2) is 0 Å². The first kappa shape index (κ1) is 32.0. The van der Waals surface area contributed by atoms with Gasteiger partial charge in [-0.15, -0.1) is 0 Å². The molecule has 0 spiro atoms. The van der Waals surface area contributed by atoms with Gasteiger partial charge in [-0.3, -0.25) is 0 Å². The molecule has 0 unspecified atom stereocenters. The predicted molar refractivity (Wildman–Crippen MR) is 239 cm³/mol. The second-order valence-corrected chi connectivity index (χ2v) is 14.5. The average molecular weight is 713 g/mol. The van der Waals surface area contributed by atoms with Crippen molar-refractivity contribution in [3.63, 3.8) is 0 Å². The third kappa shape index (κ3) is 5.11. The van der Waals surface area contributed by atoms with Crippen LogP contribution in [0.25, 0.3) is 82.1 Å². The van der Waals surface area contributed by atoms with E-state index >= 15 is 0 Å². The summed E-state index contributed by atoms with van der Waals surface area (Å²) in [5, 5.41) is 9.89. The highest BCUT2D eigenvalue weighted by Gasteiger charge is 2.22. The van der Waals surface area contributed by atoms with Crippen LogP contribution in [-0.2, 0) is 0 Å². The van der Waals surface area contributed by atoms with Gasteiger partial charge in [0.1, 0.15) is 0 Å². The molecule has 1 aromatic heterocycles. The molecule has 0 atom stereocenters. The molecule has 0 radical (unpaired) electrons. The maximum atomic E-state index is 2.43. The fraction of sp³-hybridized carbons (Fsp3) is 0. The lowest BCUT2D eigenvalue weighted by molar-refractivity contribution is 1.20. The van der Waals surface area contributed by atoms with Crippen LogP contribution < -0.4 is 4.90 Å². The van der Waals surface area contributed by atoms with Crippen LogP contribution in [0.4, 0.5) is 17.1 Å². The first-order valence-corrected chi connectivity index (χ1v) is 19.3. The van der Waals surface area contributed by atoms with E-state index in [1.807, 2.05) is 0 Å². The minimum Gasteiger partial charge on any atom is -0.310 e. The van der Waals surface area contributed by atoms with Crippen molar-refractivity contribution in [3.05, 3.63) is 218 Å². The molecule has 2 nitrogen and oxygen atoms in total. The summed E-state index contributed by atoms with van der Waals surface area (Å²) < 4.78 is 2.43. The second-order valence-electron chi connectivity index (χ2n) is 14.5. The third-order valence-corrected chi connectivity index (χ3v) is 11.3. The summed E-state index contributed by atoms with van der Waals surface area (Å²) in [4.78, 5) is 2.41. The Balaban J connectivity index is 1.19. The van der Waals surface area contributed by atoms with Crippen LogP contribution in [-0.4, -0.2) is 4.57 Å². The summed E-state index contributed by atoms with van der Waals surface area (Å²) in [6.45, 7) is 0. The van der Waals surface area contributed by atoms with Gasteiger partial charge in [0, 0.05) is 33.2 Å². The number of fused-ring (bicyclic) bond motifs is 7. The summed E-state index contributed by atoms with van der Waals surface area (Å²) in [5.74, 6) is 0. The van der Waals surface area contributed by atoms with Gasteiger partial charge in [0.25, 0.3) is 0 Å². The molecule has 0 saturated heterocycles. The van der Waals surface area contributed by atoms with Crippen molar-refractivity contribution in [2.75, 3.05) is 4.90 Å². The number of para-hydroxylation sites is 2. The molecule has 56 heavy (non-hydrogen) atoms. The lowest BCUT2D eigenvalue weighted by Gasteiger charge is -2.27. The van der Waals surface area contributed by atoms with Crippen molar-refractivity contribution in [3.8, 4) is 27.9 Å². The fourth-order valence-electron chi connectivity index (χ4n) is 8.91. The average Bonchev–Trinajstić information content (AvgIpc) is 3.60. The first-order valence-electron chi connectivity index (χ1n) is 19.3. The fourth-order valence-corrected chi connectivity index (χ4v) is 8.91. The van der Waals surface area contributed by atoms with Crippen molar-refractivity contribution in [2.45, 2.75) is 0 Å². The standard InChI is InChI=1S/C54H36N2/c1-4-18-38(19-5-1)53-47-28-13-12-26-44(47)45-33-31-41(36-49(45)54(53)39-20-6-2-7-21-39)55(40-23-8-3-9-24-40)42-32-34-52-48(35-42)46-27-14-15-29-51(46)56(52)50-30-16-22-37-17-10-11-25-43(37)50/h1-36H. The van der Waals surface area contributed by atoms with Crippen molar-refractivity contribution in [1.29, 1.82) is 0 Å². The third-order valence-electron chi connectivity index (χ3n) is 11.3. The number of benzene rings is 10. The SMILES string of the molecule is c1ccc(-c2c(-c3ccccc3)c3cc(N(c4ccccc4)c4ccc5c(c4)c4ccccc4n5-c4cccc5ccccc45)ccc3c3ccccc23)cc1. The first-order chi connectivity index (χ1) is 27.8. The highest BCUT2D eigenvalue weighted by atomic mass is 15.1. The number of nitrogens with zero attached hydrogens (tertiary/aromatic N) is 2. The second kappa shape index (κ2) is 13.2. The smallest absolute Gasteiger partial charge is 0.0542 e. The van der Waals surface area contributed by atoms with Crippen LogP contribution in [0.15, 0.2) is 218 Å². The predicted octanol–water partition coefficient (Wildman–Crippen LogP) is 15.0. The van der Waals surface area contributed by atoms with Gasteiger partial charge in [-0.2, -0.15) is 0 Å². The van der Waals surface area contributed by atoms with Crippen molar-refractivity contribution >= 4 is 71.2 Å². The summed E-state index contributed by atoms with van der Waals surface area (Å²) >= 11 is 0. The van der Waals surface area contributed by atoms with Crippen LogP contribution in [0.1, 0.15) is 0 Å². The quantitative estimate of drug-likeness (QED) is 0.156. The summed E-state index contributed by atoms with van der Waals surface area (Å²) in [6, 6.07) is 79.5. The van der Waals surface area contributed by atoms with Crippen LogP contribution in [0, 0.1) is 0 Å². The largest absolute Gasteiger partial charge is 0.310 e. The maximum Gasteiger partial charge on any atom is 0.0542 e. The van der Waals surface area contributed by atoms with Gasteiger partial charge >= 0.3 is 0 Å². The normalized spacial score (nSPS) is 11.6. The van der Waals surface area contributed by atoms with E-state index in [0.29, 0.717) is 0 Å². The van der Waals surface area contributed by atoms with Gasteiger partial charge in [-0.1, -0.05) is 164 Å². The minimum absolute atomic E-state index is 1.10. The molecule has 262 valence electrons. The highest BCUT2D eigenvalue weighted by Crippen LogP contribution is 2.47. The topological polar surface area (TPSA) is 8.17 Å². The van der Waals surface area contributed by atoms with Gasteiger partial charge < -0.3 is 9.47 Å². The van der Waals surface area contributed by atoms with Gasteiger partial charge in [0.05, 0.1) is 16.7 Å². The number of rotatable bonds is 6. The lowest BCUT2D eigenvalue weighted by atomic mass is 9.85. The summed E-state index contributed by atoms with van der Waals surface area (Å²) in [5.41, 5.74) is 11.8. The molecule has 0 bridgehead atoms. The molecule has 0 aliphatic carbocycles. The Kier molecular flexibility index (Phi) is 7.53. The molecule has 0 amide bonds. The van der Waals surface area contributed by atoms with Gasteiger partial charge in [-0.05, 0) is 104 Å². The van der Waals surface area contributed by atoms with E-state index in [2.05, 4.69) is 228 Å². The highest BCUT2D eigenvalue weighted by molar-refractivity contribution is 6.22. The molecule has 1 heterocycles. The Bertz CT molecular complexity index is 3230. The Morgan fingerprint density at radius 3 is 1.52 bits per heavy atom.